The van der Waals surface area contributed by atoms with Gasteiger partial charge in [-0.05, 0) is 77.0 Å². The Hall–Kier alpha value is -3.67. The molecule has 346 valence electrons. The average molecular weight is 847 g/mol. The first-order valence-corrected chi connectivity index (χ1v) is 24.7. The van der Waals surface area contributed by atoms with E-state index in [-0.39, 0.29) is 38.0 Å². The predicted octanol–water partition coefficient (Wildman–Crippen LogP) is 16.2. The van der Waals surface area contributed by atoms with E-state index in [0.29, 0.717) is 19.3 Å². The Morgan fingerprint density at radius 2 is 0.672 bits per heavy atom. The second-order valence-corrected chi connectivity index (χ2v) is 16.0. The maximum absolute atomic E-state index is 12.7. The summed E-state index contributed by atoms with van der Waals surface area (Å²) in [5, 5.41) is 0. The van der Waals surface area contributed by atoms with E-state index < -0.39 is 12.1 Å². The maximum Gasteiger partial charge on any atom is 0.306 e. The number of esters is 3. The normalized spacial score (nSPS) is 12.9. The second kappa shape index (κ2) is 49.0. The van der Waals surface area contributed by atoms with Gasteiger partial charge in [0.1, 0.15) is 13.2 Å². The Morgan fingerprint density at radius 1 is 0.344 bits per heavy atom. The van der Waals surface area contributed by atoms with Gasteiger partial charge in [-0.1, -0.05) is 214 Å². The lowest BCUT2D eigenvalue weighted by molar-refractivity contribution is -0.166. The Bertz CT molecular complexity index is 1250. The van der Waals surface area contributed by atoms with Crippen molar-refractivity contribution < 1.29 is 28.6 Å². The van der Waals surface area contributed by atoms with Crippen molar-refractivity contribution in [2.75, 3.05) is 13.2 Å². The molecule has 1 unspecified atom stereocenters. The molecule has 6 heteroatoms. The molecule has 0 heterocycles. The summed E-state index contributed by atoms with van der Waals surface area (Å²) in [4.78, 5) is 37.8. The summed E-state index contributed by atoms with van der Waals surface area (Å²) in [6.07, 6.45) is 64.1. The summed E-state index contributed by atoms with van der Waals surface area (Å²) in [6, 6.07) is 0. The van der Waals surface area contributed by atoms with E-state index in [2.05, 4.69) is 99.8 Å². The molecule has 0 spiro atoms. The molecule has 0 rings (SSSR count). The zero-order valence-electron chi connectivity index (χ0n) is 39.4. The minimum atomic E-state index is -0.836. The van der Waals surface area contributed by atoms with Crippen LogP contribution in [0.15, 0.2) is 97.2 Å². The summed E-state index contributed by atoms with van der Waals surface area (Å²) in [6.45, 7) is 6.37. The minimum Gasteiger partial charge on any atom is -0.462 e. The second-order valence-electron chi connectivity index (χ2n) is 16.0. The zero-order chi connectivity index (χ0) is 44.4. The van der Waals surface area contributed by atoms with Crippen LogP contribution in [0.2, 0.25) is 0 Å². The summed E-state index contributed by atoms with van der Waals surface area (Å²) < 4.78 is 16.6. The third kappa shape index (κ3) is 47.2. The zero-order valence-corrected chi connectivity index (χ0v) is 39.4. The lowest BCUT2D eigenvalue weighted by atomic mass is 10.1. The van der Waals surface area contributed by atoms with Crippen LogP contribution in [0.5, 0.6) is 0 Å². The summed E-state index contributed by atoms with van der Waals surface area (Å²) >= 11 is 0. The molecular weight excluding hydrogens is 757 g/mol. The summed E-state index contributed by atoms with van der Waals surface area (Å²) in [5.74, 6) is -1.09. The van der Waals surface area contributed by atoms with Crippen molar-refractivity contribution in [1.82, 2.24) is 0 Å². The number of unbranched alkanes of at least 4 members (excludes halogenated alkanes) is 16. The SMILES string of the molecule is CC/C=C\C/C=C\C/C=C\C/C=C\C/C=C\C/C=C\CCC(=O)OCC(COC(=O)CCCCCCCCCCCCC)OC(=O)CC/C=C\C/C=C\CCCCCCCC. The number of carbonyl (C=O) groups excluding carboxylic acids is 3. The Kier molecular flexibility index (Phi) is 46.0. The van der Waals surface area contributed by atoms with Crippen molar-refractivity contribution in [2.45, 2.75) is 219 Å². The maximum atomic E-state index is 12.7. The van der Waals surface area contributed by atoms with E-state index in [9.17, 15) is 14.4 Å². The van der Waals surface area contributed by atoms with Crippen LogP contribution in [0.3, 0.4) is 0 Å². The van der Waals surface area contributed by atoms with Gasteiger partial charge in [-0.2, -0.15) is 0 Å². The van der Waals surface area contributed by atoms with Crippen LogP contribution < -0.4 is 0 Å². The van der Waals surface area contributed by atoms with Crippen LogP contribution in [0, 0.1) is 0 Å². The fourth-order valence-corrected chi connectivity index (χ4v) is 6.40. The Labute approximate surface area is 375 Å². The van der Waals surface area contributed by atoms with Crippen molar-refractivity contribution >= 4 is 17.9 Å². The van der Waals surface area contributed by atoms with Crippen molar-refractivity contribution in [3.8, 4) is 0 Å². The van der Waals surface area contributed by atoms with E-state index in [0.717, 1.165) is 70.6 Å². The molecular formula is C55H90O6. The van der Waals surface area contributed by atoms with Gasteiger partial charge in [-0.25, -0.2) is 0 Å². The molecule has 61 heavy (non-hydrogen) atoms. The van der Waals surface area contributed by atoms with Crippen LogP contribution in [0.25, 0.3) is 0 Å². The molecule has 0 radical (unpaired) electrons. The van der Waals surface area contributed by atoms with Gasteiger partial charge in [0.15, 0.2) is 6.10 Å². The molecule has 0 amide bonds. The van der Waals surface area contributed by atoms with E-state index in [1.54, 1.807) is 0 Å². The van der Waals surface area contributed by atoms with Gasteiger partial charge in [0, 0.05) is 19.3 Å². The highest BCUT2D eigenvalue weighted by atomic mass is 16.6. The van der Waals surface area contributed by atoms with E-state index in [1.165, 1.54) is 89.9 Å². The number of rotatable bonds is 43. The van der Waals surface area contributed by atoms with Gasteiger partial charge < -0.3 is 14.2 Å². The van der Waals surface area contributed by atoms with Crippen molar-refractivity contribution in [3.63, 3.8) is 0 Å². The van der Waals surface area contributed by atoms with Crippen molar-refractivity contribution in [1.29, 1.82) is 0 Å². The number of ether oxygens (including phenoxy) is 3. The highest BCUT2D eigenvalue weighted by molar-refractivity contribution is 5.71. The van der Waals surface area contributed by atoms with Crippen LogP contribution in [0.1, 0.15) is 213 Å². The number of carbonyl (C=O) groups is 3. The molecule has 0 aromatic rings. The van der Waals surface area contributed by atoms with E-state index in [1.807, 2.05) is 18.2 Å². The van der Waals surface area contributed by atoms with Crippen LogP contribution in [-0.4, -0.2) is 37.2 Å². The molecule has 0 aliphatic carbocycles. The first kappa shape index (κ1) is 57.3. The van der Waals surface area contributed by atoms with Gasteiger partial charge in [-0.3, -0.25) is 14.4 Å². The molecule has 0 bridgehead atoms. The Balaban J connectivity index is 4.55. The van der Waals surface area contributed by atoms with Crippen molar-refractivity contribution in [3.05, 3.63) is 97.2 Å². The standard InChI is InChI=1S/C55H90O6/c1-4-7-10-13-16-19-22-24-25-26-27-28-29-31-33-36-39-42-45-48-54(57)60-51-52(50-59-53(56)47-44-41-38-35-32-21-18-15-12-9-6-3)61-55(58)49-46-43-40-37-34-30-23-20-17-14-11-8-5-2/h7,10,16,19,24-25,27-28,30-31,33-34,39-40,42-43,52H,4-6,8-9,11-15,17-18,20-23,26,29,32,35-38,41,44-51H2,1-3H3/b10-7-,19-16-,25-24-,28-27-,33-31-,34-30-,42-39-,43-40-. The highest BCUT2D eigenvalue weighted by Crippen LogP contribution is 2.13. The monoisotopic (exact) mass is 847 g/mol. The molecule has 6 nitrogen and oxygen atoms in total. The molecule has 0 saturated carbocycles. The minimum absolute atomic E-state index is 0.123. The molecule has 0 saturated heterocycles. The quantitative estimate of drug-likeness (QED) is 0.0263. The summed E-state index contributed by atoms with van der Waals surface area (Å²) in [5.41, 5.74) is 0. The molecule has 0 aromatic heterocycles. The largest absolute Gasteiger partial charge is 0.462 e. The van der Waals surface area contributed by atoms with Gasteiger partial charge in [-0.15, -0.1) is 0 Å². The smallest absolute Gasteiger partial charge is 0.306 e. The molecule has 0 N–H and O–H groups in total. The van der Waals surface area contributed by atoms with E-state index >= 15 is 0 Å². The average Bonchev–Trinajstić information content (AvgIpc) is 3.26. The van der Waals surface area contributed by atoms with Gasteiger partial charge >= 0.3 is 17.9 Å². The Morgan fingerprint density at radius 3 is 1.10 bits per heavy atom. The van der Waals surface area contributed by atoms with Crippen LogP contribution in [0.4, 0.5) is 0 Å². The topological polar surface area (TPSA) is 78.9 Å². The third-order valence-electron chi connectivity index (χ3n) is 10.1. The van der Waals surface area contributed by atoms with E-state index in [4.69, 9.17) is 14.2 Å². The van der Waals surface area contributed by atoms with Gasteiger partial charge in [0.25, 0.3) is 0 Å². The third-order valence-corrected chi connectivity index (χ3v) is 10.1. The fraction of sp³-hybridized carbons (Fsp3) is 0.655. The lowest BCUT2D eigenvalue weighted by Gasteiger charge is -2.18. The number of allylic oxidation sites excluding steroid dienone is 16. The highest BCUT2D eigenvalue weighted by Gasteiger charge is 2.19. The first-order chi connectivity index (χ1) is 30.0. The fourth-order valence-electron chi connectivity index (χ4n) is 6.40. The number of hydrogen-bond donors (Lipinski definition) is 0. The predicted molar refractivity (Wildman–Crippen MR) is 260 cm³/mol. The lowest BCUT2D eigenvalue weighted by Crippen LogP contribution is -2.30. The van der Waals surface area contributed by atoms with Crippen molar-refractivity contribution in [2.24, 2.45) is 0 Å². The number of hydrogen-bond acceptors (Lipinski definition) is 6. The van der Waals surface area contributed by atoms with Gasteiger partial charge in [0.2, 0.25) is 0 Å². The van der Waals surface area contributed by atoms with Crippen LogP contribution >= 0.6 is 0 Å². The molecule has 0 aliphatic heterocycles. The van der Waals surface area contributed by atoms with Crippen LogP contribution in [-0.2, 0) is 28.6 Å². The molecule has 0 aliphatic rings. The molecule has 0 aromatic carbocycles. The summed E-state index contributed by atoms with van der Waals surface area (Å²) in [7, 11) is 0. The molecule has 0 fully saturated rings. The molecule has 1 atom stereocenters. The first-order valence-electron chi connectivity index (χ1n) is 24.7. The van der Waals surface area contributed by atoms with Gasteiger partial charge in [0.05, 0.1) is 0 Å².